The Morgan fingerprint density at radius 2 is 2.00 bits per heavy atom. The van der Waals surface area contributed by atoms with E-state index in [1.165, 1.54) is 11.3 Å². The molecule has 0 aliphatic rings. The number of thiophene rings is 1. The summed E-state index contributed by atoms with van der Waals surface area (Å²) >= 11 is 1.21. The highest BCUT2D eigenvalue weighted by atomic mass is 32.2. The van der Waals surface area contributed by atoms with Crippen molar-refractivity contribution in [2.45, 2.75) is 24.5 Å². The number of aryl methyl sites for hydroxylation is 1. The first kappa shape index (κ1) is 16.4. The van der Waals surface area contributed by atoms with Crippen LogP contribution < -0.4 is 5.32 Å². The Bertz CT molecular complexity index is 537. The average Bonchev–Trinajstić information content (AvgIpc) is 2.58. The van der Waals surface area contributed by atoms with Crippen molar-refractivity contribution < 1.29 is 21.6 Å². The van der Waals surface area contributed by atoms with Crippen LogP contribution in [-0.4, -0.2) is 39.5 Å². The summed E-state index contributed by atoms with van der Waals surface area (Å²) in [6.45, 7) is 0.376. The smallest absolute Gasteiger partial charge is 0.315 e. The van der Waals surface area contributed by atoms with E-state index < -0.39 is 22.7 Å². The third-order valence-electron chi connectivity index (χ3n) is 2.40. The Morgan fingerprint density at radius 3 is 2.47 bits per heavy atom. The highest BCUT2D eigenvalue weighted by Gasteiger charge is 2.36. The van der Waals surface area contributed by atoms with Gasteiger partial charge in [-0.25, -0.2) is 8.42 Å². The van der Waals surface area contributed by atoms with Crippen LogP contribution >= 0.6 is 11.3 Å². The van der Waals surface area contributed by atoms with Crippen LogP contribution in [0.25, 0.3) is 0 Å². The highest BCUT2D eigenvalue weighted by Crippen LogP contribution is 2.30. The second-order valence-corrected chi connectivity index (χ2v) is 7.02. The van der Waals surface area contributed by atoms with E-state index in [1.54, 1.807) is 19.4 Å². The second kappa shape index (κ2) is 5.78. The molecule has 4 nitrogen and oxygen atoms in total. The van der Waals surface area contributed by atoms with Crippen LogP contribution in [0.15, 0.2) is 10.3 Å². The Morgan fingerprint density at radius 1 is 1.42 bits per heavy atom. The van der Waals surface area contributed by atoms with E-state index in [9.17, 15) is 21.6 Å². The molecule has 1 aromatic rings. The number of rotatable bonds is 5. The van der Waals surface area contributed by atoms with Gasteiger partial charge in [0.05, 0.1) is 0 Å². The minimum Gasteiger partial charge on any atom is -0.315 e. The summed E-state index contributed by atoms with van der Waals surface area (Å²) in [5, 5.41) is 4.43. The molecule has 1 heterocycles. The first-order valence-electron chi connectivity index (χ1n) is 5.34. The molecule has 0 aliphatic heterocycles. The summed E-state index contributed by atoms with van der Waals surface area (Å²) in [4.78, 5) is 0.479. The van der Waals surface area contributed by atoms with E-state index in [4.69, 9.17) is 0 Å². The van der Waals surface area contributed by atoms with Crippen LogP contribution in [0.4, 0.5) is 13.2 Å². The van der Waals surface area contributed by atoms with Crippen molar-refractivity contribution in [3.63, 3.8) is 0 Å². The minimum absolute atomic E-state index is 0.0291. The largest absolute Gasteiger partial charge is 0.402 e. The molecule has 0 aromatic carbocycles. The molecule has 0 amide bonds. The lowest BCUT2D eigenvalue weighted by Crippen LogP contribution is -2.36. The number of halogens is 3. The van der Waals surface area contributed by atoms with Crippen LogP contribution in [0.1, 0.15) is 10.4 Å². The van der Waals surface area contributed by atoms with Gasteiger partial charge in [0.25, 0.3) is 0 Å². The molecular formula is C10H15F3N2O2S2. The Hall–Kier alpha value is -0.640. The lowest BCUT2D eigenvalue weighted by atomic mass is 10.3. The molecule has 0 atom stereocenters. The SMILES string of the molecule is CNCc1scc(C)c1S(=O)(=O)N(C)CC(F)(F)F. The minimum atomic E-state index is -4.56. The fourth-order valence-electron chi connectivity index (χ4n) is 1.61. The van der Waals surface area contributed by atoms with Crippen LogP contribution in [-0.2, 0) is 16.6 Å². The van der Waals surface area contributed by atoms with Crippen LogP contribution in [0.5, 0.6) is 0 Å². The molecule has 0 bridgehead atoms. The number of sulfonamides is 1. The predicted molar refractivity (Wildman–Crippen MR) is 67.7 cm³/mol. The van der Waals surface area contributed by atoms with Gasteiger partial charge in [-0.15, -0.1) is 11.3 Å². The van der Waals surface area contributed by atoms with Crippen molar-refractivity contribution in [2.24, 2.45) is 0 Å². The molecule has 0 aliphatic carbocycles. The van der Waals surface area contributed by atoms with Crippen LogP contribution in [0.2, 0.25) is 0 Å². The number of hydrogen-bond acceptors (Lipinski definition) is 4. The normalized spacial score (nSPS) is 13.2. The standard InChI is InChI=1S/C10H15F3N2O2S2/c1-7-5-18-8(4-14-2)9(7)19(16,17)15(3)6-10(11,12)13/h5,14H,4,6H2,1-3H3. The average molecular weight is 316 g/mol. The van der Waals surface area contributed by atoms with Gasteiger partial charge >= 0.3 is 6.18 Å². The van der Waals surface area contributed by atoms with Crippen molar-refractivity contribution in [2.75, 3.05) is 20.6 Å². The Labute approximate surface area is 114 Å². The zero-order chi connectivity index (χ0) is 14.8. The van der Waals surface area contributed by atoms with E-state index in [1.807, 2.05) is 0 Å². The summed E-state index contributed by atoms with van der Waals surface area (Å²) in [5.41, 5.74) is 0.462. The number of nitrogens with one attached hydrogen (secondary N) is 1. The molecule has 0 fully saturated rings. The molecule has 0 radical (unpaired) electrons. The summed E-state index contributed by atoms with van der Waals surface area (Å²) in [5.74, 6) is 0. The van der Waals surface area contributed by atoms with Crippen LogP contribution in [0, 0.1) is 6.92 Å². The summed E-state index contributed by atoms with van der Waals surface area (Å²) < 4.78 is 61.7. The molecule has 1 rings (SSSR count). The van der Waals surface area contributed by atoms with E-state index in [2.05, 4.69) is 5.32 Å². The molecule has 110 valence electrons. The van der Waals surface area contributed by atoms with Gasteiger partial charge in [-0.3, -0.25) is 0 Å². The number of hydrogen-bond donors (Lipinski definition) is 1. The van der Waals surface area contributed by atoms with Crippen molar-refractivity contribution in [1.29, 1.82) is 0 Å². The fraction of sp³-hybridized carbons (Fsp3) is 0.600. The maximum atomic E-state index is 12.3. The van der Waals surface area contributed by atoms with Gasteiger partial charge in [-0.2, -0.15) is 17.5 Å². The van der Waals surface area contributed by atoms with Gasteiger partial charge in [0.1, 0.15) is 11.4 Å². The molecule has 0 saturated carbocycles. The van der Waals surface area contributed by atoms with Gasteiger partial charge in [-0.1, -0.05) is 0 Å². The van der Waals surface area contributed by atoms with Crippen molar-refractivity contribution in [3.8, 4) is 0 Å². The molecule has 0 unspecified atom stereocenters. The van der Waals surface area contributed by atoms with Crippen molar-refractivity contribution >= 4 is 21.4 Å². The third-order valence-corrected chi connectivity index (χ3v) is 5.66. The maximum Gasteiger partial charge on any atom is 0.402 e. The number of alkyl halides is 3. The van der Waals surface area contributed by atoms with E-state index in [-0.39, 0.29) is 4.90 Å². The zero-order valence-corrected chi connectivity index (χ0v) is 12.3. The van der Waals surface area contributed by atoms with Gasteiger partial charge in [0, 0.05) is 18.5 Å². The van der Waals surface area contributed by atoms with Crippen molar-refractivity contribution in [1.82, 2.24) is 9.62 Å². The molecular weight excluding hydrogens is 301 g/mol. The topological polar surface area (TPSA) is 49.4 Å². The second-order valence-electron chi connectivity index (χ2n) is 4.08. The van der Waals surface area contributed by atoms with Gasteiger partial charge in [0.2, 0.25) is 10.0 Å². The van der Waals surface area contributed by atoms with Gasteiger partial charge in [0.15, 0.2) is 0 Å². The van der Waals surface area contributed by atoms with Crippen LogP contribution in [0.3, 0.4) is 0 Å². The lowest BCUT2D eigenvalue weighted by Gasteiger charge is -2.19. The summed E-state index contributed by atoms with van der Waals surface area (Å²) in [7, 11) is -1.55. The van der Waals surface area contributed by atoms with E-state index in [0.29, 0.717) is 21.3 Å². The van der Waals surface area contributed by atoms with Gasteiger partial charge < -0.3 is 5.32 Å². The zero-order valence-electron chi connectivity index (χ0n) is 10.7. The number of nitrogens with zero attached hydrogens (tertiary/aromatic N) is 1. The summed E-state index contributed by atoms with van der Waals surface area (Å²) in [6, 6.07) is 0. The molecule has 0 saturated heterocycles. The van der Waals surface area contributed by atoms with Gasteiger partial charge in [-0.05, 0) is 24.9 Å². The first-order chi connectivity index (χ1) is 8.59. The lowest BCUT2D eigenvalue weighted by molar-refractivity contribution is -0.134. The fourth-order valence-corrected chi connectivity index (χ4v) is 4.53. The molecule has 0 spiro atoms. The monoisotopic (exact) mass is 316 g/mol. The Kier molecular flexibility index (Phi) is 4.99. The Balaban J connectivity index is 3.16. The first-order valence-corrected chi connectivity index (χ1v) is 7.66. The maximum absolute atomic E-state index is 12.3. The molecule has 9 heteroatoms. The molecule has 19 heavy (non-hydrogen) atoms. The molecule has 1 aromatic heterocycles. The third kappa shape index (κ3) is 3.91. The predicted octanol–water partition coefficient (Wildman–Crippen LogP) is 1.96. The quantitative estimate of drug-likeness (QED) is 0.903. The van der Waals surface area contributed by atoms with Crippen molar-refractivity contribution in [3.05, 3.63) is 15.8 Å². The molecule has 1 N–H and O–H groups in total. The van der Waals surface area contributed by atoms with E-state index >= 15 is 0 Å². The van der Waals surface area contributed by atoms with E-state index in [0.717, 1.165) is 7.05 Å². The summed E-state index contributed by atoms with van der Waals surface area (Å²) in [6.07, 6.45) is -4.56. The highest BCUT2D eigenvalue weighted by molar-refractivity contribution is 7.89.